The topological polar surface area (TPSA) is 32.3 Å². The molecule has 1 aliphatic carbocycles. The Bertz CT molecular complexity index is 772. The smallest absolute Gasteiger partial charge is 0.227 e. The molecule has 0 spiro atoms. The molecule has 1 saturated heterocycles. The van der Waals surface area contributed by atoms with E-state index >= 15 is 0 Å². The summed E-state index contributed by atoms with van der Waals surface area (Å²) < 4.78 is 0. The summed E-state index contributed by atoms with van der Waals surface area (Å²) >= 11 is 1.96. The summed E-state index contributed by atoms with van der Waals surface area (Å²) in [6.45, 7) is 5.26. The normalized spacial score (nSPS) is 18.3. The molecule has 2 aromatic rings. The maximum Gasteiger partial charge on any atom is 0.227 e. The van der Waals surface area contributed by atoms with E-state index in [4.69, 9.17) is 0 Å². The third kappa shape index (κ3) is 4.44. The molecule has 1 aliphatic heterocycles. The number of piperidine rings is 1. The summed E-state index contributed by atoms with van der Waals surface area (Å²) in [6, 6.07) is 8.23. The van der Waals surface area contributed by atoms with Gasteiger partial charge in [0.15, 0.2) is 0 Å². The SMILES string of the molecule is CCc1ccc(NC(=O)C2CCN(Cc3csc4c3CCCC4)CC2)cc1. The fraction of sp³-hybridized carbons (Fsp3) is 0.522. The van der Waals surface area contributed by atoms with Crippen LogP contribution >= 0.6 is 11.3 Å². The molecule has 0 unspecified atom stereocenters. The molecule has 1 N–H and O–H groups in total. The number of benzene rings is 1. The fourth-order valence-electron chi connectivity index (χ4n) is 4.36. The van der Waals surface area contributed by atoms with Gasteiger partial charge in [-0.1, -0.05) is 19.1 Å². The predicted molar refractivity (Wildman–Crippen MR) is 113 cm³/mol. The highest BCUT2D eigenvalue weighted by Gasteiger charge is 2.26. The second kappa shape index (κ2) is 8.57. The molecule has 1 fully saturated rings. The molecule has 1 aromatic carbocycles. The molecule has 4 heteroatoms. The van der Waals surface area contributed by atoms with E-state index in [1.165, 1.54) is 31.2 Å². The number of hydrogen-bond acceptors (Lipinski definition) is 3. The molecule has 4 rings (SSSR count). The van der Waals surface area contributed by atoms with Gasteiger partial charge in [0.05, 0.1) is 0 Å². The van der Waals surface area contributed by atoms with Crippen molar-refractivity contribution in [2.24, 2.45) is 5.92 Å². The lowest BCUT2D eigenvalue weighted by Crippen LogP contribution is -2.37. The number of carbonyl (C=O) groups excluding carboxylic acids is 1. The standard InChI is InChI=1S/C23H30N2OS/c1-2-17-7-9-20(10-8-17)24-23(26)18-11-13-25(14-12-18)15-19-16-27-22-6-4-3-5-21(19)22/h7-10,16,18H,2-6,11-15H2,1H3,(H,24,26). The number of amides is 1. The minimum Gasteiger partial charge on any atom is -0.326 e. The molecule has 0 atom stereocenters. The van der Waals surface area contributed by atoms with E-state index < -0.39 is 0 Å². The van der Waals surface area contributed by atoms with Gasteiger partial charge in [0.2, 0.25) is 5.91 Å². The van der Waals surface area contributed by atoms with Crippen LogP contribution in [0.25, 0.3) is 0 Å². The first-order valence-corrected chi connectivity index (χ1v) is 11.3. The van der Waals surface area contributed by atoms with E-state index in [0.717, 1.165) is 44.6 Å². The highest BCUT2D eigenvalue weighted by Crippen LogP contribution is 2.31. The van der Waals surface area contributed by atoms with E-state index in [1.54, 1.807) is 16.0 Å². The number of aryl methyl sites for hydroxylation is 2. The van der Waals surface area contributed by atoms with E-state index in [0.29, 0.717) is 0 Å². The summed E-state index contributed by atoms with van der Waals surface area (Å²) in [5.74, 6) is 0.329. The molecule has 1 aromatic heterocycles. The quantitative estimate of drug-likeness (QED) is 0.786. The largest absolute Gasteiger partial charge is 0.326 e. The summed E-state index contributed by atoms with van der Waals surface area (Å²) in [5, 5.41) is 5.49. The van der Waals surface area contributed by atoms with E-state index in [1.807, 2.05) is 23.5 Å². The number of nitrogens with zero attached hydrogens (tertiary/aromatic N) is 1. The minimum atomic E-state index is 0.142. The molecule has 27 heavy (non-hydrogen) atoms. The summed E-state index contributed by atoms with van der Waals surface area (Å²) in [5.41, 5.74) is 5.41. The fourth-order valence-corrected chi connectivity index (χ4v) is 5.49. The number of hydrogen-bond donors (Lipinski definition) is 1. The van der Waals surface area contributed by atoms with Gasteiger partial charge in [-0.2, -0.15) is 0 Å². The Kier molecular flexibility index (Phi) is 5.94. The molecular weight excluding hydrogens is 352 g/mol. The third-order valence-electron chi connectivity index (χ3n) is 6.13. The van der Waals surface area contributed by atoms with Crippen LogP contribution in [0.5, 0.6) is 0 Å². The van der Waals surface area contributed by atoms with Crippen molar-refractivity contribution in [1.29, 1.82) is 0 Å². The van der Waals surface area contributed by atoms with Gasteiger partial charge in [-0.3, -0.25) is 9.69 Å². The molecule has 0 saturated carbocycles. The van der Waals surface area contributed by atoms with Crippen LogP contribution in [0.2, 0.25) is 0 Å². The Morgan fingerprint density at radius 3 is 2.63 bits per heavy atom. The van der Waals surface area contributed by atoms with Crippen LogP contribution in [-0.2, 0) is 30.6 Å². The van der Waals surface area contributed by atoms with Gasteiger partial charge in [0, 0.05) is 23.0 Å². The Balaban J connectivity index is 1.28. The van der Waals surface area contributed by atoms with E-state index in [9.17, 15) is 4.79 Å². The maximum absolute atomic E-state index is 12.6. The number of likely N-dealkylation sites (tertiary alicyclic amines) is 1. The van der Waals surface area contributed by atoms with E-state index in [2.05, 4.69) is 34.7 Å². The van der Waals surface area contributed by atoms with Gasteiger partial charge in [-0.05, 0) is 92.2 Å². The number of fused-ring (bicyclic) bond motifs is 1. The van der Waals surface area contributed by atoms with Gasteiger partial charge in [0.1, 0.15) is 0 Å². The zero-order valence-corrected chi connectivity index (χ0v) is 17.1. The van der Waals surface area contributed by atoms with Crippen LogP contribution in [0.1, 0.15) is 54.2 Å². The molecule has 1 amide bonds. The lowest BCUT2D eigenvalue weighted by Gasteiger charge is -2.31. The second-order valence-corrected chi connectivity index (χ2v) is 8.92. The number of nitrogens with one attached hydrogen (secondary N) is 1. The summed E-state index contributed by atoms with van der Waals surface area (Å²) in [6.07, 6.45) is 8.20. The highest BCUT2D eigenvalue weighted by atomic mass is 32.1. The molecule has 3 nitrogen and oxygen atoms in total. The number of anilines is 1. The average Bonchev–Trinajstić information content (AvgIpc) is 3.12. The van der Waals surface area contributed by atoms with Crippen molar-refractivity contribution in [3.63, 3.8) is 0 Å². The Morgan fingerprint density at radius 1 is 1.15 bits per heavy atom. The van der Waals surface area contributed by atoms with Crippen molar-refractivity contribution in [2.75, 3.05) is 18.4 Å². The monoisotopic (exact) mass is 382 g/mol. The van der Waals surface area contributed by atoms with Crippen molar-refractivity contribution in [3.05, 3.63) is 51.2 Å². The first kappa shape index (κ1) is 18.7. The first-order chi connectivity index (χ1) is 13.2. The maximum atomic E-state index is 12.6. The van der Waals surface area contributed by atoms with E-state index in [-0.39, 0.29) is 11.8 Å². The Labute approximate surface area is 166 Å². The van der Waals surface area contributed by atoms with Crippen LogP contribution < -0.4 is 5.32 Å². The zero-order chi connectivity index (χ0) is 18.6. The van der Waals surface area contributed by atoms with Gasteiger partial charge in [-0.25, -0.2) is 0 Å². The van der Waals surface area contributed by atoms with Crippen molar-refractivity contribution in [3.8, 4) is 0 Å². The first-order valence-electron chi connectivity index (χ1n) is 10.4. The van der Waals surface area contributed by atoms with Crippen LogP contribution in [0.15, 0.2) is 29.6 Å². The lowest BCUT2D eigenvalue weighted by atomic mass is 9.93. The van der Waals surface area contributed by atoms with Crippen molar-refractivity contribution < 1.29 is 4.79 Å². The molecule has 0 bridgehead atoms. The number of rotatable bonds is 5. The van der Waals surface area contributed by atoms with Crippen LogP contribution in [0, 0.1) is 5.92 Å². The van der Waals surface area contributed by atoms with Crippen molar-refractivity contribution in [1.82, 2.24) is 4.90 Å². The lowest BCUT2D eigenvalue weighted by molar-refractivity contribution is -0.121. The molecule has 2 heterocycles. The minimum absolute atomic E-state index is 0.142. The summed E-state index contributed by atoms with van der Waals surface area (Å²) in [7, 11) is 0. The zero-order valence-electron chi connectivity index (χ0n) is 16.3. The number of carbonyl (C=O) groups is 1. The third-order valence-corrected chi connectivity index (χ3v) is 7.27. The molecule has 0 radical (unpaired) electrons. The second-order valence-electron chi connectivity index (χ2n) is 7.96. The van der Waals surface area contributed by atoms with Gasteiger partial charge >= 0.3 is 0 Å². The van der Waals surface area contributed by atoms with Gasteiger partial charge < -0.3 is 5.32 Å². The van der Waals surface area contributed by atoms with Crippen molar-refractivity contribution >= 4 is 22.9 Å². The molecule has 144 valence electrons. The van der Waals surface area contributed by atoms with Crippen LogP contribution in [-0.4, -0.2) is 23.9 Å². The highest BCUT2D eigenvalue weighted by molar-refractivity contribution is 7.10. The van der Waals surface area contributed by atoms with Crippen LogP contribution in [0.4, 0.5) is 5.69 Å². The Hall–Kier alpha value is -1.65. The predicted octanol–water partition coefficient (Wildman–Crippen LogP) is 5.04. The Morgan fingerprint density at radius 2 is 1.89 bits per heavy atom. The molecular formula is C23H30N2OS. The average molecular weight is 383 g/mol. The molecule has 2 aliphatic rings. The van der Waals surface area contributed by atoms with Crippen LogP contribution in [0.3, 0.4) is 0 Å². The van der Waals surface area contributed by atoms with Gasteiger partial charge in [0.25, 0.3) is 0 Å². The van der Waals surface area contributed by atoms with Gasteiger partial charge in [-0.15, -0.1) is 11.3 Å². The van der Waals surface area contributed by atoms with Crippen molar-refractivity contribution in [2.45, 2.75) is 58.4 Å². The summed E-state index contributed by atoms with van der Waals surface area (Å²) in [4.78, 5) is 16.8. The number of thiophene rings is 1.